The first-order valence-electron chi connectivity index (χ1n) is 8.00. The highest BCUT2D eigenvalue weighted by atomic mass is 16.2. The van der Waals surface area contributed by atoms with Gasteiger partial charge in [-0.1, -0.05) is 34.1 Å². The second-order valence-electron chi connectivity index (χ2n) is 6.67. The molecule has 0 radical (unpaired) electrons. The van der Waals surface area contributed by atoms with Crippen LogP contribution in [0.4, 0.5) is 0 Å². The van der Waals surface area contributed by atoms with Crippen molar-refractivity contribution >= 4 is 5.91 Å². The molecule has 3 nitrogen and oxygen atoms in total. The predicted molar refractivity (Wildman–Crippen MR) is 81.1 cm³/mol. The number of piperidine rings is 1. The van der Waals surface area contributed by atoms with E-state index in [1.54, 1.807) is 0 Å². The summed E-state index contributed by atoms with van der Waals surface area (Å²) in [5.41, 5.74) is 0. The summed E-state index contributed by atoms with van der Waals surface area (Å²) in [4.78, 5) is 14.1. The van der Waals surface area contributed by atoms with E-state index in [4.69, 9.17) is 0 Å². The van der Waals surface area contributed by atoms with Gasteiger partial charge in [-0.2, -0.15) is 0 Å². The standard InChI is InChI=1S/C16H32N2O/c1-13(2)6-5-7-16(19)18-10-8-15(9-11-18)12-17-14(3)4/h13-15,17H,5-12H2,1-4H3. The number of nitrogens with zero attached hydrogens (tertiary/aromatic N) is 1. The lowest BCUT2D eigenvalue weighted by Gasteiger charge is -2.32. The van der Waals surface area contributed by atoms with Gasteiger partial charge in [0, 0.05) is 25.6 Å². The van der Waals surface area contributed by atoms with E-state index in [0.29, 0.717) is 17.9 Å². The normalized spacial score (nSPS) is 17.5. The molecule has 0 aliphatic carbocycles. The Morgan fingerprint density at radius 3 is 2.37 bits per heavy atom. The largest absolute Gasteiger partial charge is 0.343 e. The average molecular weight is 268 g/mol. The number of carbonyl (C=O) groups is 1. The van der Waals surface area contributed by atoms with Gasteiger partial charge >= 0.3 is 0 Å². The summed E-state index contributed by atoms with van der Waals surface area (Å²) in [6.07, 6.45) is 5.28. The first-order chi connectivity index (χ1) is 8.99. The zero-order valence-electron chi connectivity index (χ0n) is 13.2. The minimum atomic E-state index is 0.371. The third kappa shape index (κ3) is 6.95. The molecular formula is C16H32N2O. The Bertz CT molecular complexity index is 255. The molecule has 1 aliphatic heterocycles. The fourth-order valence-corrected chi connectivity index (χ4v) is 2.61. The van der Waals surface area contributed by atoms with Gasteiger partial charge < -0.3 is 10.2 Å². The van der Waals surface area contributed by atoms with Crippen LogP contribution in [-0.4, -0.2) is 36.5 Å². The zero-order valence-corrected chi connectivity index (χ0v) is 13.2. The molecule has 0 spiro atoms. The van der Waals surface area contributed by atoms with Gasteiger partial charge in [0.15, 0.2) is 0 Å². The molecule has 1 heterocycles. The molecule has 0 bridgehead atoms. The van der Waals surface area contributed by atoms with Gasteiger partial charge in [0.1, 0.15) is 0 Å². The van der Waals surface area contributed by atoms with E-state index in [2.05, 4.69) is 37.9 Å². The van der Waals surface area contributed by atoms with E-state index >= 15 is 0 Å². The Balaban J connectivity index is 2.16. The van der Waals surface area contributed by atoms with Crippen molar-refractivity contribution in [3.05, 3.63) is 0 Å². The highest BCUT2D eigenvalue weighted by Gasteiger charge is 2.22. The van der Waals surface area contributed by atoms with E-state index in [0.717, 1.165) is 51.2 Å². The van der Waals surface area contributed by atoms with E-state index < -0.39 is 0 Å². The van der Waals surface area contributed by atoms with Crippen molar-refractivity contribution in [1.29, 1.82) is 0 Å². The van der Waals surface area contributed by atoms with E-state index in [9.17, 15) is 4.79 Å². The fourth-order valence-electron chi connectivity index (χ4n) is 2.61. The molecule has 3 heteroatoms. The smallest absolute Gasteiger partial charge is 0.222 e. The Hall–Kier alpha value is -0.570. The quantitative estimate of drug-likeness (QED) is 0.769. The van der Waals surface area contributed by atoms with Gasteiger partial charge in [-0.25, -0.2) is 0 Å². The second kappa shape index (κ2) is 8.57. The molecule has 1 fully saturated rings. The van der Waals surface area contributed by atoms with Crippen molar-refractivity contribution in [3.63, 3.8) is 0 Å². The first kappa shape index (κ1) is 16.5. The highest BCUT2D eigenvalue weighted by Crippen LogP contribution is 2.18. The lowest BCUT2D eigenvalue weighted by atomic mass is 9.96. The van der Waals surface area contributed by atoms with Crippen LogP contribution in [0.15, 0.2) is 0 Å². The van der Waals surface area contributed by atoms with E-state index in [1.165, 1.54) is 6.42 Å². The summed E-state index contributed by atoms with van der Waals surface area (Å²) in [7, 11) is 0. The van der Waals surface area contributed by atoms with E-state index in [1.807, 2.05) is 0 Å². The van der Waals surface area contributed by atoms with Gasteiger partial charge in [0.05, 0.1) is 0 Å². The molecule has 1 N–H and O–H groups in total. The monoisotopic (exact) mass is 268 g/mol. The Morgan fingerprint density at radius 1 is 1.21 bits per heavy atom. The number of hydrogen-bond donors (Lipinski definition) is 1. The van der Waals surface area contributed by atoms with Crippen LogP contribution in [0.2, 0.25) is 0 Å². The first-order valence-corrected chi connectivity index (χ1v) is 8.00. The van der Waals surface area contributed by atoms with Crippen molar-refractivity contribution in [3.8, 4) is 0 Å². The average Bonchev–Trinajstić information content (AvgIpc) is 2.36. The predicted octanol–water partition coefficient (Wildman–Crippen LogP) is 3.05. The van der Waals surface area contributed by atoms with Gasteiger partial charge in [0.25, 0.3) is 0 Å². The topological polar surface area (TPSA) is 32.3 Å². The van der Waals surface area contributed by atoms with E-state index in [-0.39, 0.29) is 0 Å². The number of amides is 1. The Morgan fingerprint density at radius 2 is 1.84 bits per heavy atom. The summed E-state index contributed by atoms with van der Waals surface area (Å²) in [5, 5.41) is 3.50. The van der Waals surface area contributed by atoms with Crippen LogP contribution < -0.4 is 5.32 Å². The number of carbonyl (C=O) groups excluding carboxylic acids is 1. The van der Waals surface area contributed by atoms with Crippen LogP contribution in [0.5, 0.6) is 0 Å². The molecule has 0 unspecified atom stereocenters. The zero-order chi connectivity index (χ0) is 14.3. The molecule has 112 valence electrons. The number of likely N-dealkylation sites (tertiary alicyclic amines) is 1. The maximum atomic E-state index is 12.1. The minimum Gasteiger partial charge on any atom is -0.343 e. The van der Waals surface area contributed by atoms with Crippen LogP contribution >= 0.6 is 0 Å². The molecule has 0 saturated carbocycles. The third-order valence-electron chi connectivity index (χ3n) is 3.95. The van der Waals surface area contributed by atoms with Gasteiger partial charge in [-0.15, -0.1) is 0 Å². The van der Waals surface area contributed by atoms with Crippen molar-refractivity contribution in [2.24, 2.45) is 11.8 Å². The third-order valence-corrected chi connectivity index (χ3v) is 3.95. The number of nitrogens with one attached hydrogen (secondary N) is 1. The summed E-state index contributed by atoms with van der Waals surface area (Å²) < 4.78 is 0. The second-order valence-corrected chi connectivity index (χ2v) is 6.67. The molecule has 0 aromatic carbocycles. The Labute approximate surface area is 119 Å². The molecule has 1 saturated heterocycles. The molecule has 19 heavy (non-hydrogen) atoms. The van der Waals surface area contributed by atoms with Crippen molar-refractivity contribution in [2.75, 3.05) is 19.6 Å². The van der Waals surface area contributed by atoms with Crippen LogP contribution in [0.1, 0.15) is 59.8 Å². The van der Waals surface area contributed by atoms with Crippen molar-refractivity contribution < 1.29 is 4.79 Å². The molecule has 0 atom stereocenters. The molecule has 0 aromatic heterocycles. The van der Waals surface area contributed by atoms with Gasteiger partial charge in [0.2, 0.25) is 5.91 Å². The summed E-state index contributed by atoms with van der Waals surface area (Å²) in [6, 6.07) is 0.565. The Kier molecular flexibility index (Phi) is 7.44. The molecule has 1 amide bonds. The SMILES string of the molecule is CC(C)CCCC(=O)N1CCC(CNC(C)C)CC1. The summed E-state index contributed by atoms with van der Waals surface area (Å²) in [6.45, 7) is 11.8. The molecule has 1 rings (SSSR count). The lowest BCUT2D eigenvalue weighted by molar-refractivity contribution is -0.132. The number of rotatable bonds is 7. The van der Waals surface area contributed by atoms with Crippen molar-refractivity contribution in [2.45, 2.75) is 65.8 Å². The molecule has 1 aliphatic rings. The maximum Gasteiger partial charge on any atom is 0.222 e. The van der Waals surface area contributed by atoms with Crippen LogP contribution in [0.25, 0.3) is 0 Å². The van der Waals surface area contributed by atoms with Gasteiger partial charge in [-0.05, 0) is 37.6 Å². The summed E-state index contributed by atoms with van der Waals surface area (Å²) in [5.74, 6) is 1.83. The molecular weight excluding hydrogens is 236 g/mol. The lowest BCUT2D eigenvalue weighted by Crippen LogP contribution is -2.41. The van der Waals surface area contributed by atoms with Crippen LogP contribution in [0, 0.1) is 11.8 Å². The summed E-state index contributed by atoms with van der Waals surface area (Å²) >= 11 is 0. The number of hydrogen-bond acceptors (Lipinski definition) is 2. The fraction of sp³-hybridized carbons (Fsp3) is 0.938. The minimum absolute atomic E-state index is 0.371. The molecule has 0 aromatic rings. The highest BCUT2D eigenvalue weighted by molar-refractivity contribution is 5.76. The van der Waals surface area contributed by atoms with Crippen molar-refractivity contribution in [1.82, 2.24) is 10.2 Å². The van der Waals surface area contributed by atoms with Gasteiger partial charge in [-0.3, -0.25) is 4.79 Å². The maximum absolute atomic E-state index is 12.1. The van der Waals surface area contributed by atoms with Crippen LogP contribution in [0.3, 0.4) is 0 Å². The van der Waals surface area contributed by atoms with Crippen LogP contribution in [-0.2, 0) is 4.79 Å².